The van der Waals surface area contributed by atoms with Gasteiger partial charge >= 0.3 is 0 Å². The molecule has 108 valence electrons. The van der Waals surface area contributed by atoms with E-state index in [9.17, 15) is 4.39 Å². The lowest BCUT2D eigenvalue weighted by atomic mass is 10.0. The van der Waals surface area contributed by atoms with Crippen LogP contribution in [0.4, 0.5) is 4.39 Å². The summed E-state index contributed by atoms with van der Waals surface area (Å²) in [6, 6.07) is 5.48. The van der Waals surface area contributed by atoms with Crippen LogP contribution in [0.2, 0.25) is 0 Å². The van der Waals surface area contributed by atoms with Crippen LogP contribution in [0, 0.1) is 11.7 Å². The van der Waals surface area contributed by atoms with Gasteiger partial charge in [0.05, 0.1) is 7.11 Å². The van der Waals surface area contributed by atoms with Crippen LogP contribution in [0.1, 0.15) is 19.4 Å². The van der Waals surface area contributed by atoms with Crippen LogP contribution in [-0.2, 0) is 6.42 Å². The lowest BCUT2D eigenvalue weighted by Gasteiger charge is -2.30. The van der Waals surface area contributed by atoms with Crippen LogP contribution in [-0.4, -0.2) is 38.2 Å². The van der Waals surface area contributed by atoms with E-state index in [1.165, 1.54) is 7.11 Å². The monoisotopic (exact) mass is 268 g/mol. The highest BCUT2D eigenvalue weighted by molar-refractivity contribution is 5.29. The fourth-order valence-electron chi connectivity index (χ4n) is 2.30. The molecule has 19 heavy (non-hydrogen) atoms. The van der Waals surface area contributed by atoms with Crippen molar-refractivity contribution in [1.82, 2.24) is 4.90 Å². The molecule has 0 bridgehead atoms. The molecule has 2 N–H and O–H groups in total. The molecule has 0 aliphatic carbocycles. The van der Waals surface area contributed by atoms with E-state index in [2.05, 4.69) is 25.8 Å². The summed E-state index contributed by atoms with van der Waals surface area (Å²) in [7, 11) is 3.54. The summed E-state index contributed by atoms with van der Waals surface area (Å²) in [5.41, 5.74) is 6.76. The SMILES string of the molecule is COc1ccc(CCN(C)C(CN)C(C)C)cc1F. The first-order chi connectivity index (χ1) is 8.99. The molecule has 0 heterocycles. The number of nitrogens with zero attached hydrogens (tertiary/aromatic N) is 1. The summed E-state index contributed by atoms with van der Waals surface area (Å²) < 4.78 is 18.5. The van der Waals surface area contributed by atoms with Gasteiger partial charge < -0.3 is 15.4 Å². The Morgan fingerprint density at radius 3 is 2.53 bits per heavy atom. The molecule has 1 rings (SSSR count). The third-order valence-corrected chi connectivity index (χ3v) is 3.55. The summed E-state index contributed by atoms with van der Waals surface area (Å²) in [4.78, 5) is 2.24. The topological polar surface area (TPSA) is 38.5 Å². The standard InChI is InChI=1S/C15H25FN2O/c1-11(2)14(10-17)18(3)8-7-12-5-6-15(19-4)13(16)9-12/h5-6,9,11,14H,7-8,10,17H2,1-4H3. The number of ether oxygens (including phenoxy) is 1. The number of rotatable bonds is 7. The highest BCUT2D eigenvalue weighted by Gasteiger charge is 2.16. The number of benzene rings is 1. The Bertz CT molecular complexity index is 396. The number of halogens is 1. The predicted molar refractivity (Wildman–Crippen MR) is 77.0 cm³/mol. The molecule has 3 nitrogen and oxygen atoms in total. The van der Waals surface area contributed by atoms with Gasteiger partial charge in [-0.15, -0.1) is 0 Å². The van der Waals surface area contributed by atoms with Gasteiger partial charge in [-0.3, -0.25) is 0 Å². The summed E-state index contributed by atoms with van der Waals surface area (Å²) in [5.74, 6) is 0.503. The minimum absolute atomic E-state index is 0.291. The van der Waals surface area contributed by atoms with Crippen molar-refractivity contribution < 1.29 is 9.13 Å². The van der Waals surface area contributed by atoms with Gasteiger partial charge in [-0.05, 0) is 37.1 Å². The van der Waals surface area contributed by atoms with E-state index in [0.717, 1.165) is 18.5 Å². The zero-order chi connectivity index (χ0) is 14.4. The smallest absolute Gasteiger partial charge is 0.165 e. The second-order valence-electron chi connectivity index (χ2n) is 5.25. The first-order valence-corrected chi connectivity index (χ1v) is 6.72. The van der Waals surface area contributed by atoms with Gasteiger partial charge in [0.1, 0.15) is 0 Å². The van der Waals surface area contributed by atoms with Crippen LogP contribution < -0.4 is 10.5 Å². The molecule has 0 saturated heterocycles. The quantitative estimate of drug-likeness (QED) is 0.824. The van der Waals surface area contributed by atoms with E-state index in [-0.39, 0.29) is 5.82 Å². The predicted octanol–water partition coefficient (Wildman–Crippen LogP) is 2.29. The normalized spacial score (nSPS) is 13.1. The molecule has 0 spiro atoms. The van der Waals surface area contributed by atoms with Crippen molar-refractivity contribution in [3.63, 3.8) is 0 Å². The Morgan fingerprint density at radius 2 is 2.05 bits per heavy atom. The van der Waals surface area contributed by atoms with Gasteiger partial charge in [-0.1, -0.05) is 19.9 Å². The van der Waals surface area contributed by atoms with Crippen molar-refractivity contribution in [2.45, 2.75) is 26.3 Å². The van der Waals surface area contributed by atoms with E-state index in [0.29, 0.717) is 24.3 Å². The second kappa shape index (κ2) is 7.46. The third-order valence-electron chi connectivity index (χ3n) is 3.55. The number of methoxy groups -OCH3 is 1. The Labute approximate surface area is 115 Å². The molecule has 1 unspecified atom stereocenters. The maximum atomic E-state index is 13.6. The van der Waals surface area contributed by atoms with Crippen molar-refractivity contribution in [3.05, 3.63) is 29.6 Å². The Kier molecular flexibility index (Phi) is 6.25. The zero-order valence-electron chi connectivity index (χ0n) is 12.3. The number of likely N-dealkylation sites (N-methyl/N-ethyl adjacent to an activating group) is 1. The molecular weight excluding hydrogens is 243 g/mol. The van der Waals surface area contributed by atoms with Crippen molar-refractivity contribution in [3.8, 4) is 5.75 Å². The van der Waals surface area contributed by atoms with Crippen molar-refractivity contribution >= 4 is 0 Å². The Morgan fingerprint density at radius 1 is 1.37 bits per heavy atom. The molecule has 0 radical (unpaired) electrons. The maximum Gasteiger partial charge on any atom is 0.165 e. The summed E-state index contributed by atoms with van der Waals surface area (Å²) >= 11 is 0. The summed E-state index contributed by atoms with van der Waals surface area (Å²) in [6.07, 6.45) is 0.806. The first-order valence-electron chi connectivity index (χ1n) is 6.72. The zero-order valence-corrected chi connectivity index (χ0v) is 12.3. The van der Waals surface area contributed by atoms with Crippen molar-refractivity contribution in [1.29, 1.82) is 0 Å². The van der Waals surface area contributed by atoms with Gasteiger partial charge in [-0.25, -0.2) is 4.39 Å². The minimum atomic E-state index is -0.304. The largest absolute Gasteiger partial charge is 0.494 e. The van der Waals surface area contributed by atoms with E-state index in [1.807, 2.05) is 6.07 Å². The third kappa shape index (κ3) is 4.48. The van der Waals surface area contributed by atoms with Crippen LogP contribution in [0.5, 0.6) is 5.75 Å². The molecule has 0 saturated carbocycles. The Hall–Kier alpha value is -1.13. The van der Waals surface area contributed by atoms with Crippen LogP contribution >= 0.6 is 0 Å². The molecule has 1 atom stereocenters. The lowest BCUT2D eigenvalue weighted by Crippen LogP contribution is -2.42. The number of nitrogens with two attached hydrogens (primary N) is 1. The van der Waals surface area contributed by atoms with Crippen LogP contribution in [0.15, 0.2) is 18.2 Å². The lowest BCUT2D eigenvalue weighted by molar-refractivity contribution is 0.199. The van der Waals surface area contributed by atoms with Gasteiger partial charge in [-0.2, -0.15) is 0 Å². The fraction of sp³-hybridized carbons (Fsp3) is 0.600. The van der Waals surface area contributed by atoms with E-state index >= 15 is 0 Å². The van der Waals surface area contributed by atoms with E-state index in [4.69, 9.17) is 10.5 Å². The molecule has 0 aliphatic heterocycles. The maximum absolute atomic E-state index is 13.6. The summed E-state index contributed by atoms with van der Waals surface area (Å²) in [5, 5.41) is 0. The molecule has 0 aromatic heterocycles. The Balaban J connectivity index is 2.59. The van der Waals surface area contributed by atoms with E-state index in [1.54, 1.807) is 12.1 Å². The summed E-state index contributed by atoms with van der Waals surface area (Å²) in [6.45, 7) is 5.85. The minimum Gasteiger partial charge on any atom is -0.494 e. The highest BCUT2D eigenvalue weighted by atomic mass is 19.1. The molecule has 0 amide bonds. The van der Waals surface area contributed by atoms with Gasteiger partial charge in [0, 0.05) is 19.1 Å². The van der Waals surface area contributed by atoms with Gasteiger partial charge in [0.15, 0.2) is 11.6 Å². The average molecular weight is 268 g/mol. The molecule has 4 heteroatoms. The molecule has 0 fully saturated rings. The van der Waals surface area contributed by atoms with Crippen LogP contribution in [0.3, 0.4) is 0 Å². The average Bonchev–Trinajstić information content (AvgIpc) is 2.37. The van der Waals surface area contributed by atoms with Gasteiger partial charge in [0.25, 0.3) is 0 Å². The van der Waals surface area contributed by atoms with E-state index < -0.39 is 0 Å². The first kappa shape index (κ1) is 15.9. The number of hydrogen-bond donors (Lipinski definition) is 1. The van der Waals surface area contributed by atoms with Crippen LogP contribution in [0.25, 0.3) is 0 Å². The van der Waals surface area contributed by atoms with Gasteiger partial charge in [0.2, 0.25) is 0 Å². The molecule has 0 aliphatic rings. The highest BCUT2D eigenvalue weighted by Crippen LogP contribution is 2.18. The fourth-order valence-corrected chi connectivity index (χ4v) is 2.30. The van der Waals surface area contributed by atoms with Crippen molar-refractivity contribution in [2.24, 2.45) is 11.7 Å². The molecular formula is C15H25FN2O. The number of hydrogen-bond acceptors (Lipinski definition) is 3. The van der Waals surface area contributed by atoms with Crippen molar-refractivity contribution in [2.75, 3.05) is 27.2 Å². The molecule has 1 aromatic carbocycles. The second-order valence-corrected chi connectivity index (χ2v) is 5.25. The molecule has 1 aromatic rings.